The van der Waals surface area contributed by atoms with E-state index in [1.54, 1.807) is 12.1 Å². The minimum Gasteiger partial charge on any atom is -0.399 e. The second-order valence-electron chi connectivity index (χ2n) is 3.90. The number of rotatable bonds is 0. The van der Waals surface area contributed by atoms with Crippen LogP contribution in [0.4, 0.5) is 10.1 Å². The molecule has 17 heavy (non-hydrogen) atoms. The fourth-order valence-electron chi connectivity index (χ4n) is 2.04. The van der Waals surface area contributed by atoms with Crippen LogP contribution in [0.5, 0.6) is 0 Å². The number of hydrogen-bond donors (Lipinski definition) is 1. The third kappa shape index (κ3) is 1.29. The van der Waals surface area contributed by atoms with Crippen molar-refractivity contribution in [1.82, 2.24) is 0 Å². The molecule has 0 amide bonds. The fraction of sp³-hybridized carbons (Fsp3) is 0. The second kappa shape index (κ2) is 3.07. The highest BCUT2D eigenvalue weighted by atomic mass is 32.2. The number of sulfone groups is 1. The highest BCUT2D eigenvalue weighted by molar-refractivity contribution is 7.92. The van der Waals surface area contributed by atoms with E-state index < -0.39 is 15.7 Å². The van der Waals surface area contributed by atoms with Crippen molar-refractivity contribution in [3.8, 4) is 11.1 Å². The van der Waals surface area contributed by atoms with E-state index in [1.807, 2.05) is 0 Å². The van der Waals surface area contributed by atoms with Gasteiger partial charge in [-0.3, -0.25) is 0 Å². The number of fused-ring (bicyclic) bond motifs is 3. The molecule has 0 saturated carbocycles. The van der Waals surface area contributed by atoms with E-state index in [0.717, 1.165) is 6.07 Å². The Hall–Kier alpha value is -1.88. The smallest absolute Gasteiger partial charge is 0.208 e. The molecule has 0 bridgehead atoms. The summed E-state index contributed by atoms with van der Waals surface area (Å²) in [7, 11) is -3.63. The van der Waals surface area contributed by atoms with Gasteiger partial charge >= 0.3 is 0 Å². The Morgan fingerprint density at radius 3 is 2.24 bits per heavy atom. The van der Waals surface area contributed by atoms with Crippen LogP contribution in [0.2, 0.25) is 0 Å². The molecule has 3 rings (SSSR count). The maximum absolute atomic E-state index is 13.1. The summed E-state index contributed by atoms with van der Waals surface area (Å²) in [5.41, 5.74) is 7.06. The van der Waals surface area contributed by atoms with Gasteiger partial charge in [-0.15, -0.1) is 0 Å². The molecule has 0 fully saturated rings. The summed E-state index contributed by atoms with van der Waals surface area (Å²) in [6, 6.07) is 8.45. The average Bonchev–Trinajstić information content (AvgIpc) is 2.49. The third-order valence-corrected chi connectivity index (χ3v) is 4.65. The first-order valence-corrected chi connectivity index (χ1v) is 6.43. The summed E-state index contributed by atoms with van der Waals surface area (Å²) in [5.74, 6) is -0.562. The van der Waals surface area contributed by atoms with Crippen LogP contribution < -0.4 is 5.73 Å². The van der Waals surface area contributed by atoms with Gasteiger partial charge in [-0.1, -0.05) is 12.1 Å². The Morgan fingerprint density at radius 1 is 0.941 bits per heavy atom. The van der Waals surface area contributed by atoms with Gasteiger partial charge in [0.1, 0.15) is 5.82 Å². The van der Waals surface area contributed by atoms with Gasteiger partial charge in [0.25, 0.3) is 0 Å². The van der Waals surface area contributed by atoms with Gasteiger partial charge in [-0.25, -0.2) is 12.8 Å². The molecule has 0 atom stereocenters. The van der Waals surface area contributed by atoms with Crippen molar-refractivity contribution in [3.05, 3.63) is 42.2 Å². The molecular formula is C12H8FNO2S. The molecule has 2 aromatic rings. The average molecular weight is 249 g/mol. The zero-order valence-corrected chi connectivity index (χ0v) is 9.46. The van der Waals surface area contributed by atoms with Crippen molar-refractivity contribution < 1.29 is 12.8 Å². The number of nitrogen functional groups attached to an aromatic ring is 1. The van der Waals surface area contributed by atoms with Crippen molar-refractivity contribution in [1.29, 1.82) is 0 Å². The largest absolute Gasteiger partial charge is 0.399 e. The lowest BCUT2D eigenvalue weighted by atomic mass is 10.1. The Balaban J connectivity index is 2.46. The summed E-state index contributed by atoms with van der Waals surface area (Å²) in [6.45, 7) is 0. The first-order valence-electron chi connectivity index (χ1n) is 4.95. The van der Waals surface area contributed by atoms with E-state index in [2.05, 4.69) is 0 Å². The standard InChI is InChI=1S/C12H8FNO2S/c13-7-1-3-9-10-4-2-8(14)6-12(10)17(15,16)11(9)5-7/h1-6H,14H2. The van der Waals surface area contributed by atoms with Gasteiger partial charge in [0, 0.05) is 16.8 Å². The van der Waals surface area contributed by atoms with E-state index >= 15 is 0 Å². The minimum atomic E-state index is -3.63. The molecule has 0 aliphatic carbocycles. The Labute approximate surface area is 97.6 Å². The second-order valence-corrected chi connectivity index (χ2v) is 5.79. The zero-order valence-electron chi connectivity index (χ0n) is 8.64. The van der Waals surface area contributed by atoms with Crippen LogP contribution in [0.3, 0.4) is 0 Å². The Kier molecular flexibility index (Phi) is 1.86. The van der Waals surface area contributed by atoms with Crippen LogP contribution in [0, 0.1) is 5.82 Å². The van der Waals surface area contributed by atoms with Gasteiger partial charge in [0.15, 0.2) is 0 Å². The molecule has 0 unspecified atom stereocenters. The monoisotopic (exact) mass is 249 g/mol. The van der Waals surface area contributed by atoms with E-state index in [1.165, 1.54) is 18.2 Å². The maximum Gasteiger partial charge on any atom is 0.208 e. The minimum absolute atomic E-state index is 0.0121. The van der Waals surface area contributed by atoms with Gasteiger partial charge in [-0.2, -0.15) is 0 Å². The normalized spacial score (nSPS) is 15.4. The molecule has 3 nitrogen and oxygen atoms in total. The fourth-order valence-corrected chi connectivity index (χ4v) is 3.77. The predicted molar refractivity (Wildman–Crippen MR) is 61.7 cm³/mol. The number of benzene rings is 2. The molecule has 86 valence electrons. The molecule has 0 radical (unpaired) electrons. The first kappa shape index (κ1) is 10.3. The van der Waals surface area contributed by atoms with Crippen LogP contribution in [-0.2, 0) is 9.84 Å². The van der Waals surface area contributed by atoms with Crippen molar-refractivity contribution in [3.63, 3.8) is 0 Å². The molecule has 1 aliphatic rings. The quantitative estimate of drug-likeness (QED) is 0.621. The Bertz CT molecular complexity index is 681. The molecule has 1 heterocycles. The van der Waals surface area contributed by atoms with Crippen LogP contribution in [0.25, 0.3) is 11.1 Å². The lowest BCUT2D eigenvalue weighted by molar-refractivity contribution is 0.594. The van der Waals surface area contributed by atoms with Crippen LogP contribution in [0.15, 0.2) is 46.2 Å². The molecule has 1 aliphatic heterocycles. The first-order chi connectivity index (χ1) is 8.00. The summed E-state index contributed by atoms with van der Waals surface area (Å²) in [5, 5.41) is 0. The number of nitrogens with two attached hydrogens (primary N) is 1. The molecule has 2 N–H and O–H groups in total. The van der Waals surface area contributed by atoms with Crippen LogP contribution >= 0.6 is 0 Å². The summed E-state index contributed by atoms with van der Waals surface area (Å²) < 4.78 is 37.4. The van der Waals surface area contributed by atoms with Crippen molar-refractivity contribution >= 4 is 15.5 Å². The third-order valence-electron chi connectivity index (χ3n) is 2.82. The van der Waals surface area contributed by atoms with E-state index in [4.69, 9.17) is 5.73 Å². The molecule has 0 saturated heterocycles. The molecule has 5 heteroatoms. The number of anilines is 1. The predicted octanol–water partition coefficient (Wildman–Crippen LogP) is 2.22. The van der Waals surface area contributed by atoms with Gasteiger partial charge in [0.05, 0.1) is 9.79 Å². The highest BCUT2D eigenvalue weighted by Gasteiger charge is 2.33. The Morgan fingerprint density at radius 2 is 1.53 bits per heavy atom. The highest BCUT2D eigenvalue weighted by Crippen LogP contribution is 2.43. The molecule has 0 spiro atoms. The van der Waals surface area contributed by atoms with Crippen LogP contribution in [-0.4, -0.2) is 8.42 Å². The van der Waals surface area contributed by atoms with E-state index in [0.29, 0.717) is 16.8 Å². The van der Waals surface area contributed by atoms with Crippen molar-refractivity contribution in [2.75, 3.05) is 5.73 Å². The summed E-state index contributed by atoms with van der Waals surface area (Å²) in [4.78, 5) is 0.163. The number of hydrogen-bond acceptors (Lipinski definition) is 3. The molecular weight excluding hydrogens is 241 g/mol. The van der Waals surface area contributed by atoms with Crippen molar-refractivity contribution in [2.45, 2.75) is 9.79 Å². The topological polar surface area (TPSA) is 60.2 Å². The summed E-state index contributed by atoms with van der Waals surface area (Å²) in [6.07, 6.45) is 0. The van der Waals surface area contributed by atoms with E-state index in [9.17, 15) is 12.8 Å². The van der Waals surface area contributed by atoms with Gasteiger partial charge in [-0.05, 0) is 24.3 Å². The lowest BCUT2D eigenvalue weighted by Crippen LogP contribution is -1.98. The van der Waals surface area contributed by atoms with Crippen LogP contribution in [0.1, 0.15) is 0 Å². The van der Waals surface area contributed by atoms with Crippen molar-refractivity contribution in [2.24, 2.45) is 0 Å². The van der Waals surface area contributed by atoms with Gasteiger partial charge in [0.2, 0.25) is 9.84 Å². The zero-order chi connectivity index (χ0) is 12.2. The molecule has 0 aromatic heterocycles. The SMILES string of the molecule is Nc1ccc2c(c1)S(=O)(=O)c1cc(F)ccc1-2. The molecule has 2 aromatic carbocycles. The maximum atomic E-state index is 13.1. The number of halogens is 1. The lowest BCUT2D eigenvalue weighted by Gasteiger charge is -1.99. The van der Waals surface area contributed by atoms with Gasteiger partial charge < -0.3 is 5.73 Å². The summed E-state index contributed by atoms with van der Waals surface area (Å²) >= 11 is 0. The van der Waals surface area contributed by atoms with E-state index in [-0.39, 0.29) is 9.79 Å².